The van der Waals surface area contributed by atoms with E-state index in [4.69, 9.17) is 0 Å². The zero-order valence-electron chi connectivity index (χ0n) is 13.6. The van der Waals surface area contributed by atoms with Gasteiger partial charge in [0.1, 0.15) is 5.52 Å². The van der Waals surface area contributed by atoms with E-state index in [1.54, 1.807) is 0 Å². The molecule has 0 fully saturated rings. The first kappa shape index (κ1) is 14.0. The number of para-hydroxylation sites is 2. The predicted octanol–water partition coefficient (Wildman–Crippen LogP) is 4.17. The maximum Gasteiger partial charge on any atom is 0.113 e. The monoisotopic (exact) mass is 304 g/mol. The van der Waals surface area contributed by atoms with E-state index in [1.807, 2.05) is 18.2 Å². The Balaban J connectivity index is 1.95. The zero-order valence-corrected chi connectivity index (χ0v) is 13.6. The molecule has 0 bridgehead atoms. The van der Waals surface area contributed by atoms with Gasteiger partial charge in [-0.15, -0.1) is 5.10 Å². The van der Waals surface area contributed by atoms with Crippen LogP contribution in [0.3, 0.4) is 0 Å². The van der Waals surface area contributed by atoms with Crippen LogP contribution in [0.25, 0.3) is 21.9 Å². The molecule has 2 aromatic heterocycles. The van der Waals surface area contributed by atoms with E-state index in [-0.39, 0.29) is 6.04 Å². The molecular formula is C19H20N4. The average Bonchev–Trinajstić information content (AvgIpc) is 3.11. The third-order valence-corrected chi connectivity index (χ3v) is 4.56. The van der Waals surface area contributed by atoms with Crippen LogP contribution in [0, 0.1) is 5.92 Å². The molecule has 23 heavy (non-hydrogen) atoms. The lowest BCUT2D eigenvalue weighted by Gasteiger charge is -2.22. The van der Waals surface area contributed by atoms with E-state index in [0.717, 1.165) is 11.0 Å². The number of aryl methyl sites for hydroxylation is 1. The number of fused-ring (bicyclic) bond motifs is 2. The first-order valence-electron chi connectivity index (χ1n) is 8.01. The third-order valence-electron chi connectivity index (χ3n) is 4.56. The fourth-order valence-electron chi connectivity index (χ4n) is 3.44. The van der Waals surface area contributed by atoms with Crippen molar-refractivity contribution in [3.8, 4) is 0 Å². The Labute approximate surface area is 135 Å². The van der Waals surface area contributed by atoms with Crippen LogP contribution < -0.4 is 0 Å². The summed E-state index contributed by atoms with van der Waals surface area (Å²) in [5, 5.41) is 10.1. The number of aromatic nitrogens is 4. The molecule has 4 rings (SSSR count). The van der Waals surface area contributed by atoms with Crippen molar-refractivity contribution in [1.82, 2.24) is 19.6 Å². The molecule has 0 spiro atoms. The molecule has 0 aliphatic rings. The van der Waals surface area contributed by atoms with Crippen LogP contribution in [-0.4, -0.2) is 19.6 Å². The highest BCUT2D eigenvalue weighted by Crippen LogP contribution is 2.32. The van der Waals surface area contributed by atoms with Gasteiger partial charge in [0.15, 0.2) is 0 Å². The van der Waals surface area contributed by atoms with E-state index in [2.05, 4.69) is 76.9 Å². The molecule has 1 unspecified atom stereocenters. The quantitative estimate of drug-likeness (QED) is 0.569. The van der Waals surface area contributed by atoms with Crippen LogP contribution in [0.4, 0.5) is 0 Å². The maximum absolute atomic E-state index is 4.46. The third kappa shape index (κ3) is 2.13. The van der Waals surface area contributed by atoms with Gasteiger partial charge in [-0.05, 0) is 35.6 Å². The highest BCUT2D eigenvalue weighted by atomic mass is 15.4. The number of rotatable bonds is 3. The molecule has 2 heterocycles. The Kier molecular flexibility index (Phi) is 3.18. The lowest BCUT2D eigenvalue weighted by Crippen LogP contribution is -2.20. The fourth-order valence-corrected chi connectivity index (χ4v) is 3.44. The van der Waals surface area contributed by atoms with E-state index in [0.29, 0.717) is 5.92 Å². The van der Waals surface area contributed by atoms with Crippen LogP contribution in [0.1, 0.15) is 25.6 Å². The summed E-state index contributed by atoms with van der Waals surface area (Å²) in [7, 11) is 2.13. The molecule has 0 saturated carbocycles. The molecule has 0 aliphatic carbocycles. The van der Waals surface area contributed by atoms with Gasteiger partial charge >= 0.3 is 0 Å². The summed E-state index contributed by atoms with van der Waals surface area (Å²) in [5.41, 5.74) is 4.53. The van der Waals surface area contributed by atoms with Crippen LogP contribution in [0.2, 0.25) is 0 Å². The topological polar surface area (TPSA) is 35.6 Å². The Morgan fingerprint density at radius 2 is 1.61 bits per heavy atom. The summed E-state index contributed by atoms with van der Waals surface area (Å²) in [6.45, 7) is 4.47. The second-order valence-electron chi connectivity index (χ2n) is 6.40. The van der Waals surface area contributed by atoms with Crippen molar-refractivity contribution in [2.45, 2.75) is 19.9 Å². The highest BCUT2D eigenvalue weighted by molar-refractivity contribution is 5.81. The van der Waals surface area contributed by atoms with Gasteiger partial charge in [-0.2, -0.15) is 0 Å². The Morgan fingerprint density at radius 3 is 2.35 bits per heavy atom. The van der Waals surface area contributed by atoms with Crippen LogP contribution >= 0.6 is 0 Å². The summed E-state index contributed by atoms with van der Waals surface area (Å²) in [6.07, 6.45) is 0. The summed E-state index contributed by atoms with van der Waals surface area (Å²) >= 11 is 0. The minimum absolute atomic E-state index is 0.153. The molecule has 2 aromatic carbocycles. The van der Waals surface area contributed by atoms with Crippen LogP contribution in [0.15, 0.2) is 54.6 Å². The van der Waals surface area contributed by atoms with Crippen molar-refractivity contribution in [1.29, 1.82) is 0 Å². The highest BCUT2D eigenvalue weighted by Gasteiger charge is 2.24. The van der Waals surface area contributed by atoms with Gasteiger partial charge in [-0.3, -0.25) is 0 Å². The zero-order chi connectivity index (χ0) is 16.0. The molecule has 0 N–H and O–H groups in total. The smallest absolute Gasteiger partial charge is 0.113 e. The average molecular weight is 304 g/mol. The van der Waals surface area contributed by atoms with Gasteiger partial charge in [0.2, 0.25) is 0 Å². The van der Waals surface area contributed by atoms with E-state index < -0.39 is 0 Å². The van der Waals surface area contributed by atoms with Crippen molar-refractivity contribution >= 4 is 21.9 Å². The second kappa shape index (κ2) is 5.23. The van der Waals surface area contributed by atoms with Crippen molar-refractivity contribution in [2.24, 2.45) is 13.0 Å². The Morgan fingerprint density at radius 1 is 0.913 bits per heavy atom. The number of hydrogen-bond acceptors (Lipinski definition) is 2. The summed E-state index contributed by atoms with van der Waals surface area (Å²) in [6, 6.07) is 19.1. The van der Waals surface area contributed by atoms with Gasteiger partial charge in [0, 0.05) is 18.3 Å². The molecular weight excluding hydrogens is 284 g/mol. The second-order valence-corrected chi connectivity index (χ2v) is 6.40. The summed E-state index contributed by atoms with van der Waals surface area (Å²) < 4.78 is 4.34. The van der Waals surface area contributed by atoms with Gasteiger partial charge in [-0.1, -0.05) is 49.4 Å². The van der Waals surface area contributed by atoms with Crippen molar-refractivity contribution in [2.75, 3.05) is 0 Å². The van der Waals surface area contributed by atoms with Gasteiger partial charge in [0.25, 0.3) is 0 Å². The molecule has 4 heteroatoms. The molecule has 4 aromatic rings. The Bertz CT molecular complexity index is 977. The standard InChI is InChI=1S/C19H20N4/c1-13(2)19(23-17-11-7-5-9-15(17)20-21-23)18-12-14-8-4-6-10-16(14)22(18)3/h4-13,19H,1-3H3. The molecule has 0 radical (unpaired) electrons. The van der Waals surface area contributed by atoms with Crippen molar-refractivity contribution < 1.29 is 0 Å². The molecule has 1 atom stereocenters. The minimum atomic E-state index is 0.153. The molecule has 4 nitrogen and oxygen atoms in total. The lowest BCUT2D eigenvalue weighted by atomic mass is 10.0. The molecule has 0 aliphatic heterocycles. The largest absolute Gasteiger partial charge is 0.346 e. The number of hydrogen-bond donors (Lipinski definition) is 0. The molecule has 0 saturated heterocycles. The van der Waals surface area contributed by atoms with Crippen molar-refractivity contribution in [3.05, 3.63) is 60.3 Å². The first-order chi connectivity index (χ1) is 11.2. The van der Waals surface area contributed by atoms with E-state index >= 15 is 0 Å². The number of benzene rings is 2. The summed E-state index contributed by atoms with van der Waals surface area (Å²) in [4.78, 5) is 0. The van der Waals surface area contributed by atoms with E-state index in [1.165, 1.54) is 16.6 Å². The maximum atomic E-state index is 4.46. The van der Waals surface area contributed by atoms with Gasteiger partial charge in [-0.25, -0.2) is 4.68 Å². The van der Waals surface area contributed by atoms with Gasteiger partial charge in [0.05, 0.1) is 11.6 Å². The van der Waals surface area contributed by atoms with Crippen LogP contribution in [0.5, 0.6) is 0 Å². The summed E-state index contributed by atoms with van der Waals surface area (Å²) in [5.74, 6) is 0.406. The molecule has 116 valence electrons. The van der Waals surface area contributed by atoms with Crippen LogP contribution in [-0.2, 0) is 7.05 Å². The normalized spacial score (nSPS) is 13.2. The van der Waals surface area contributed by atoms with Crippen molar-refractivity contribution in [3.63, 3.8) is 0 Å². The lowest BCUT2D eigenvalue weighted by molar-refractivity contribution is 0.389. The number of nitrogens with zero attached hydrogens (tertiary/aromatic N) is 4. The fraction of sp³-hybridized carbons (Fsp3) is 0.263. The first-order valence-corrected chi connectivity index (χ1v) is 8.01. The minimum Gasteiger partial charge on any atom is -0.346 e. The Hall–Kier alpha value is -2.62. The van der Waals surface area contributed by atoms with Gasteiger partial charge < -0.3 is 4.57 Å². The molecule has 0 amide bonds. The van der Waals surface area contributed by atoms with E-state index in [9.17, 15) is 0 Å². The predicted molar refractivity (Wildman–Crippen MR) is 93.4 cm³/mol. The SMILES string of the molecule is CC(C)C(c1cc2ccccc2n1C)n1nnc2ccccc21.